The van der Waals surface area contributed by atoms with E-state index in [1.807, 2.05) is 54.6 Å². The van der Waals surface area contributed by atoms with Gasteiger partial charge in [0, 0.05) is 0 Å². The van der Waals surface area contributed by atoms with Crippen molar-refractivity contribution >= 4 is 85.8 Å². The molecule has 7 nitrogen and oxygen atoms in total. The summed E-state index contributed by atoms with van der Waals surface area (Å²) in [5, 5.41) is 11.5. The van der Waals surface area contributed by atoms with Crippen molar-refractivity contribution in [2.75, 3.05) is 0 Å². The fourth-order valence-corrected chi connectivity index (χ4v) is 6.87. The maximum absolute atomic E-state index is 13.4. The number of carbonyl (C=O) groups is 2. The number of hydrogen-bond acceptors (Lipinski definition) is 7. The van der Waals surface area contributed by atoms with Crippen LogP contribution in [0.15, 0.2) is 99.4 Å². The monoisotopic (exact) mass is 761 g/mol. The van der Waals surface area contributed by atoms with Gasteiger partial charge in [-0.15, -0.1) is 0 Å². The third kappa shape index (κ3) is 6.73. The lowest BCUT2D eigenvalue weighted by Gasteiger charge is -2.14. The Morgan fingerprint density at radius 2 is 1.74 bits per heavy atom. The molecule has 1 aliphatic heterocycles. The molecule has 1 fully saturated rings. The summed E-state index contributed by atoms with van der Waals surface area (Å²) in [6.07, 6.45) is 3.45. The zero-order valence-electron chi connectivity index (χ0n) is 20.2. The van der Waals surface area contributed by atoms with Crippen molar-refractivity contribution in [3.63, 3.8) is 0 Å². The second-order valence-corrected chi connectivity index (χ2v) is 11.7. The number of nitrogens with zero attached hydrogens (tertiary/aromatic N) is 2. The number of amides is 1. The minimum Gasteiger partial charge on any atom is -0.545 e. The van der Waals surface area contributed by atoms with Crippen molar-refractivity contribution in [2.45, 2.75) is 13.2 Å². The van der Waals surface area contributed by atoms with E-state index in [1.165, 1.54) is 23.9 Å². The van der Waals surface area contributed by atoms with Crippen LogP contribution < -0.4 is 9.84 Å². The van der Waals surface area contributed by atoms with Gasteiger partial charge in [-0.3, -0.25) is 9.69 Å². The second-order valence-electron chi connectivity index (χ2n) is 8.40. The number of ether oxygens (including phenoxy) is 1. The van der Waals surface area contributed by atoms with Crippen LogP contribution in [0.25, 0.3) is 6.08 Å². The Kier molecular flexibility index (Phi) is 8.72. The normalized spacial score (nSPS) is 15.3. The molecular weight excluding hydrogens is 742 g/mol. The molecule has 0 saturated carbocycles. The number of hydrogen-bond donors (Lipinski definition) is 0. The predicted molar refractivity (Wildman–Crippen MR) is 165 cm³/mol. The number of aromatic carboxylic acids is 1. The van der Waals surface area contributed by atoms with E-state index < -0.39 is 5.97 Å². The standard InChI is InChI=1S/C29H20I2N2O5S/c30-23-13-19(14-24(31)26(23)38-17-18-8-10-20(11-9-18)28(35)36)15-25-27(34)33(16-22-7-4-12-37-22)29(39-25)32-21-5-2-1-3-6-21/h1-15H,16-17H2,(H,35,36)/p-1/b25-15-,32-29?. The first-order valence-electron chi connectivity index (χ1n) is 11.7. The van der Waals surface area contributed by atoms with Gasteiger partial charge < -0.3 is 19.1 Å². The molecule has 1 aliphatic rings. The molecule has 1 aromatic heterocycles. The number of aliphatic imine (C=N–C) groups is 1. The summed E-state index contributed by atoms with van der Waals surface area (Å²) in [5.74, 6) is 0.0403. The highest BCUT2D eigenvalue weighted by Crippen LogP contribution is 2.37. The van der Waals surface area contributed by atoms with Gasteiger partial charge in [0.15, 0.2) is 5.17 Å². The average Bonchev–Trinajstić information content (AvgIpc) is 3.53. The zero-order valence-corrected chi connectivity index (χ0v) is 25.3. The first-order valence-corrected chi connectivity index (χ1v) is 14.6. The van der Waals surface area contributed by atoms with E-state index in [-0.39, 0.29) is 24.6 Å². The van der Waals surface area contributed by atoms with Crippen LogP contribution in [-0.2, 0) is 17.9 Å². The number of carbonyl (C=O) groups excluding carboxylic acids is 2. The Morgan fingerprint density at radius 1 is 1.03 bits per heavy atom. The first-order chi connectivity index (χ1) is 18.9. The molecule has 5 rings (SSSR count). The van der Waals surface area contributed by atoms with E-state index in [0.717, 1.165) is 29.7 Å². The molecule has 196 valence electrons. The van der Waals surface area contributed by atoms with Gasteiger partial charge in [-0.1, -0.05) is 42.5 Å². The van der Waals surface area contributed by atoms with Gasteiger partial charge in [-0.2, -0.15) is 0 Å². The highest BCUT2D eigenvalue weighted by atomic mass is 127. The van der Waals surface area contributed by atoms with E-state index in [9.17, 15) is 14.7 Å². The van der Waals surface area contributed by atoms with Crippen molar-refractivity contribution in [2.24, 2.45) is 4.99 Å². The minimum absolute atomic E-state index is 0.124. The molecule has 4 aromatic rings. The molecule has 1 saturated heterocycles. The summed E-state index contributed by atoms with van der Waals surface area (Å²) < 4.78 is 13.3. The summed E-state index contributed by atoms with van der Waals surface area (Å²) in [7, 11) is 0. The van der Waals surface area contributed by atoms with Gasteiger partial charge in [0.05, 0.1) is 36.5 Å². The lowest BCUT2D eigenvalue weighted by atomic mass is 10.1. The molecule has 0 bridgehead atoms. The number of carboxylic acids is 1. The second kappa shape index (κ2) is 12.4. The predicted octanol–water partition coefficient (Wildman–Crippen LogP) is 6.24. The van der Waals surface area contributed by atoms with Crippen LogP contribution in [-0.4, -0.2) is 21.9 Å². The van der Waals surface area contributed by atoms with Crippen LogP contribution in [0.5, 0.6) is 5.75 Å². The molecule has 0 N–H and O–H groups in total. The van der Waals surface area contributed by atoms with E-state index in [0.29, 0.717) is 15.8 Å². The van der Waals surface area contributed by atoms with E-state index in [2.05, 4.69) is 45.2 Å². The van der Waals surface area contributed by atoms with Crippen molar-refractivity contribution < 1.29 is 23.8 Å². The van der Waals surface area contributed by atoms with Gasteiger partial charge >= 0.3 is 0 Å². The van der Waals surface area contributed by atoms with Crippen LogP contribution in [0.1, 0.15) is 27.2 Å². The van der Waals surface area contributed by atoms with Crippen LogP contribution in [0.4, 0.5) is 5.69 Å². The number of halogens is 2. The molecule has 0 radical (unpaired) electrons. The lowest BCUT2D eigenvalue weighted by Crippen LogP contribution is -2.28. The molecule has 3 aromatic carbocycles. The Bertz CT molecular complexity index is 1550. The Balaban J connectivity index is 1.37. The van der Waals surface area contributed by atoms with E-state index in [1.54, 1.807) is 29.4 Å². The molecule has 0 spiro atoms. The molecule has 0 atom stereocenters. The van der Waals surface area contributed by atoms with Crippen molar-refractivity contribution in [3.05, 3.63) is 120 Å². The summed E-state index contributed by atoms with van der Waals surface area (Å²) in [5.41, 5.74) is 2.59. The van der Waals surface area contributed by atoms with Gasteiger partial charge in [-0.05, 0) is 116 Å². The molecule has 0 unspecified atom stereocenters. The summed E-state index contributed by atoms with van der Waals surface area (Å²) in [4.78, 5) is 31.3. The van der Waals surface area contributed by atoms with Crippen LogP contribution in [0.2, 0.25) is 0 Å². The van der Waals surface area contributed by atoms with Crippen LogP contribution >= 0.6 is 56.9 Å². The Labute approximate surface area is 256 Å². The molecule has 2 heterocycles. The molecular formula is C29H19I2N2O5S-. The fourth-order valence-electron chi connectivity index (χ4n) is 3.75. The Morgan fingerprint density at radius 3 is 2.38 bits per heavy atom. The molecule has 39 heavy (non-hydrogen) atoms. The number of rotatable bonds is 8. The van der Waals surface area contributed by atoms with Gasteiger partial charge in [0.1, 0.15) is 18.1 Å². The molecule has 0 aliphatic carbocycles. The maximum atomic E-state index is 13.4. The quantitative estimate of drug-likeness (QED) is 0.156. The highest BCUT2D eigenvalue weighted by molar-refractivity contribution is 14.1. The SMILES string of the molecule is O=C([O-])c1ccc(COc2c(I)cc(/C=C3\SC(=Nc4ccccc4)N(Cc4ccco4)C3=O)cc2I)cc1. The van der Waals surface area contributed by atoms with Gasteiger partial charge in [0.2, 0.25) is 0 Å². The fraction of sp³-hybridized carbons (Fsp3) is 0.0690. The number of thioether (sulfide) groups is 1. The lowest BCUT2D eigenvalue weighted by molar-refractivity contribution is -0.255. The van der Waals surface area contributed by atoms with Crippen LogP contribution in [0.3, 0.4) is 0 Å². The third-order valence-corrected chi connectivity index (χ3v) is 8.26. The maximum Gasteiger partial charge on any atom is 0.267 e. The number of carboxylic acid groups (broad SMARTS) is 1. The highest BCUT2D eigenvalue weighted by Gasteiger charge is 2.34. The van der Waals surface area contributed by atoms with E-state index in [4.69, 9.17) is 14.1 Å². The first kappa shape index (κ1) is 27.5. The minimum atomic E-state index is -1.21. The van der Waals surface area contributed by atoms with Crippen molar-refractivity contribution in [1.29, 1.82) is 0 Å². The zero-order chi connectivity index (χ0) is 27.4. The van der Waals surface area contributed by atoms with E-state index >= 15 is 0 Å². The number of amidine groups is 1. The summed E-state index contributed by atoms with van der Waals surface area (Å²) in [6.45, 7) is 0.572. The molecule has 10 heteroatoms. The summed E-state index contributed by atoms with van der Waals surface area (Å²) >= 11 is 5.76. The largest absolute Gasteiger partial charge is 0.545 e. The summed E-state index contributed by atoms with van der Waals surface area (Å²) in [6, 6.07) is 23.5. The number of para-hydroxylation sites is 1. The topological polar surface area (TPSA) is 95.2 Å². The van der Waals surface area contributed by atoms with Crippen molar-refractivity contribution in [1.82, 2.24) is 4.90 Å². The van der Waals surface area contributed by atoms with Gasteiger partial charge in [0.25, 0.3) is 5.91 Å². The third-order valence-electron chi connectivity index (χ3n) is 5.65. The van der Waals surface area contributed by atoms with Gasteiger partial charge in [-0.25, -0.2) is 4.99 Å². The number of furan rings is 1. The average molecular weight is 761 g/mol. The Hall–Kier alpha value is -3.10. The van der Waals surface area contributed by atoms with Crippen LogP contribution in [0, 0.1) is 7.14 Å². The van der Waals surface area contributed by atoms with Crippen molar-refractivity contribution in [3.8, 4) is 5.75 Å². The smallest absolute Gasteiger partial charge is 0.267 e. The number of benzene rings is 3. The molecule has 1 amide bonds.